The fraction of sp³-hybridized carbons (Fsp3) is 0.800. The van der Waals surface area contributed by atoms with Gasteiger partial charge in [-0.2, -0.15) is 0 Å². The molecule has 1 aromatic rings. The first-order chi connectivity index (χ1) is 8.75. The van der Waals surface area contributed by atoms with E-state index < -0.39 is 0 Å². The number of unbranched alkanes of at least 4 members (excludes halogenated alkanes) is 6. The number of rotatable bonds is 10. The first kappa shape index (κ1) is 15.7. The Kier molecular flexibility index (Phi) is 8.40. The lowest BCUT2D eigenvalue weighted by Crippen LogP contribution is -2.04. The highest BCUT2D eigenvalue weighted by Gasteiger charge is 2.05. The standard InChI is InChI=1S/C15H27BrN2/c1-14(2)15-17-11-13-18(15)12-9-7-5-3-4-6-8-10-16/h11,13-14H,3-10,12H2,1-2H3. The van der Waals surface area contributed by atoms with E-state index in [1.807, 2.05) is 6.20 Å². The topological polar surface area (TPSA) is 17.8 Å². The van der Waals surface area contributed by atoms with Crippen LogP contribution in [0, 0.1) is 0 Å². The van der Waals surface area contributed by atoms with Crippen LogP contribution < -0.4 is 0 Å². The normalized spacial score (nSPS) is 11.3. The van der Waals surface area contributed by atoms with Crippen LogP contribution in [-0.4, -0.2) is 14.9 Å². The second-order valence-electron chi connectivity index (χ2n) is 5.30. The fourth-order valence-electron chi connectivity index (χ4n) is 2.27. The summed E-state index contributed by atoms with van der Waals surface area (Å²) in [5.74, 6) is 1.76. The van der Waals surface area contributed by atoms with Crippen molar-refractivity contribution >= 4 is 15.9 Å². The number of hydrogen-bond acceptors (Lipinski definition) is 1. The molecule has 0 aliphatic carbocycles. The smallest absolute Gasteiger partial charge is 0.111 e. The van der Waals surface area contributed by atoms with Gasteiger partial charge in [-0.05, 0) is 12.8 Å². The van der Waals surface area contributed by atoms with Crippen molar-refractivity contribution in [1.82, 2.24) is 9.55 Å². The van der Waals surface area contributed by atoms with Gasteiger partial charge in [0.1, 0.15) is 5.82 Å². The van der Waals surface area contributed by atoms with E-state index in [9.17, 15) is 0 Å². The maximum Gasteiger partial charge on any atom is 0.111 e. The highest BCUT2D eigenvalue weighted by molar-refractivity contribution is 9.09. The highest BCUT2D eigenvalue weighted by Crippen LogP contribution is 2.14. The SMILES string of the molecule is CC(C)c1nccn1CCCCCCCCCBr. The van der Waals surface area contributed by atoms with Gasteiger partial charge < -0.3 is 4.57 Å². The van der Waals surface area contributed by atoms with Crippen LogP contribution in [-0.2, 0) is 6.54 Å². The molecular weight excluding hydrogens is 288 g/mol. The zero-order valence-corrected chi connectivity index (χ0v) is 13.5. The third-order valence-corrected chi connectivity index (χ3v) is 3.86. The molecule has 0 saturated carbocycles. The van der Waals surface area contributed by atoms with Crippen LogP contribution in [0.3, 0.4) is 0 Å². The van der Waals surface area contributed by atoms with Gasteiger partial charge in [-0.1, -0.05) is 61.9 Å². The third-order valence-electron chi connectivity index (χ3n) is 3.30. The molecular formula is C15H27BrN2. The first-order valence-corrected chi connectivity index (χ1v) is 8.45. The summed E-state index contributed by atoms with van der Waals surface area (Å²) in [4.78, 5) is 4.42. The Morgan fingerprint density at radius 2 is 1.67 bits per heavy atom. The molecule has 0 radical (unpaired) electrons. The zero-order chi connectivity index (χ0) is 13.2. The molecule has 0 aliphatic heterocycles. The Morgan fingerprint density at radius 3 is 2.28 bits per heavy atom. The van der Waals surface area contributed by atoms with Crippen LogP contribution in [0.15, 0.2) is 12.4 Å². The van der Waals surface area contributed by atoms with Gasteiger partial charge in [0.2, 0.25) is 0 Å². The molecule has 1 heterocycles. The molecule has 18 heavy (non-hydrogen) atoms. The van der Waals surface area contributed by atoms with Gasteiger partial charge in [-0.3, -0.25) is 0 Å². The van der Waals surface area contributed by atoms with Crippen LogP contribution in [0.1, 0.15) is 70.5 Å². The molecule has 1 rings (SSSR count). The van der Waals surface area contributed by atoms with Crippen LogP contribution in [0.5, 0.6) is 0 Å². The maximum absolute atomic E-state index is 4.42. The van der Waals surface area contributed by atoms with Crippen molar-refractivity contribution in [2.45, 2.75) is 71.3 Å². The second-order valence-corrected chi connectivity index (χ2v) is 6.09. The zero-order valence-electron chi connectivity index (χ0n) is 11.9. The summed E-state index contributed by atoms with van der Waals surface area (Å²) in [6, 6.07) is 0. The van der Waals surface area contributed by atoms with Gasteiger partial charge in [-0.15, -0.1) is 0 Å². The molecule has 0 saturated heterocycles. The Bertz CT molecular complexity index is 307. The number of aromatic nitrogens is 2. The molecule has 0 N–H and O–H groups in total. The average molecular weight is 315 g/mol. The van der Waals surface area contributed by atoms with Crippen molar-refractivity contribution in [1.29, 1.82) is 0 Å². The third kappa shape index (κ3) is 6.03. The van der Waals surface area contributed by atoms with Crippen molar-refractivity contribution in [3.63, 3.8) is 0 Å². The number of imidazole rings is 1. The number of halogens is 1. The molecule has 2 nitrogen and oxygen atoms in total. The minimum Gasteiger partial charge on any atom is -0.335 e. The van der Waals surface area contributed by atoms with Crippen LogP contribution in [0.2, 0.25) is 0 Å². The molecule has 3 heteroatoms. The molecule has 0 spiro atoms. The first-order valence-electron chi connectivity index (χ1n) is 7.32. The second kappa shape index (κ2) is 9.60. The minimum atomic E-state index is 0.532. The van der Waals surface area contributed by atoms with Crippen LogP contribution in [0.25, 0.3) is 0 Å². The Hall–Kier alpha value is -0.310. The summed E-state index contributed by atoms with van der Waals surface area (Å²) in [5.41, 5.74) is 0. The summed E-state index contributed by atoms with van der Waals surface area (Å²) >= 11 is 3.48. The van der Waals surface area contributed by atoms with Crippen LogP contribution in [0.4, 0.5) is 0 Å². The summed E-state index contributed by atoms with van der Waals surface area (Å²) < 4.78 is 2.31. The predicted molar refractivity (Wildman–Crippen MR) is 82.4 cm³/mol. The summed E-state index contributed by atoms with van der Waals surface area (Å²) in [6.07, 6.45) is 13.6. The van der Waals surface area contributed by atoms with Crippen molar-refractivity contribution in [2.24, 2.45) is 0 Å². The van der Waals surface area contributed by atoms with E-state index in [-0.39, 0.29) is 0 Å². The Labute approximate surface area is 120 Å². The van der Waals surface area contributed by atoms with E-state index in [1.54, 1.807) is 0 Å². The minimum absolute atomic E-state index is 0.532. The lowest BCUT2D eigenvalue weighted by atomic mass is 10.1. The van der Waals surface area contributed by atoms with E-state index >= 15 is 0 Å². The monoisotopic (exact) mass is 314 g/mol. The van der Waals surface area contributed by atoms with Gasteiger partial charge in [0, 0.05) is 30.2 Å². The van der Waals surface area contributed by atoms with E-state index in [0.29, 0.717) is 5.92 Å². The lowest BCUT2D eigenvalue weighted by molar-refractivity contribution is 0.533. The van der Waals surface area contributed by atoms with Crippen molar-refractivity contribution in [3.05, 3.63) is 18.2 Å². The highest BCUT2D eigenvalue weighted by atomic mass is 79.9. The molecule has 0 atom stereocenters. The van der Waals surface area contributed by atoms with E-state index in [4.69, 9.17) is 0 Å². The Morgan fingerprint density at radius 1 is 1.06 bits per heavy atom. The lowest BCUT2D eigenvalue weighted by Gasteiger charge is -2.10. The average Bonchev–Trinajstić information content (AvgIpc) is 2.81. The summed E-state index contributed by atoms with van der Waals surface area (Å²) in [6.45, 7) is 5.56. The van der Waals surface area contributed by atoms with Gasteiger partial charge in [0.25, 0.3) is 0 Å². The maximum atomic E-state index is 4.42. The number of nitrogens with zero attached hydrogens (tertiary/aromatic N) is 2. The van der Waals surface area contributed by atoms with Gasteiger partial charge in [0.05, 0.1) is 0 Å². The van der Waals surface area contributed by atoms with Crippen molar-refractivity contribution in [3.8, 4) is 0 Å². The van der Waals surface area contributed by atoms with Crippen LogP contribution >= 0.6 is 15.9 Å². The number of aryl methyl sites for hydroxylation is 1. The van der Waals surface area contributed by atoms with Crippen molar-refractivity contribution < 1.29 is 0 Å². The molecule has 0 unspecified atom stereocenters. The molecule has 0 aromatic carbocycles. The van der Waals surface area contributed by atoms with Gasteiger partial charge in [-0.25, -0.2) is 4.98 Å². The molecule has 0 bridgehead atoms. The largest absolute Gasteiger partial charge is 0.335 e. The van der Waals surface area contributed by atoms with E-state index in [1.165, 1.54) is 50.8 Å². The molecule has 0 amide bonds. The number of alkyl halides is 1. The van der Waals surface area contributed by atoms with E-state index in [0.717, 1.165) is 11.9 Å². The van der Waals surface area contributed by atoms with E-state index in [2.05, 4.69) is 45.5 Å². The summed E-state index contributed by atoms with van der Waals surface area (Å²) in [7, 11) is 0. The quantitative estimate of drug-likeness (QED) is 0.432. The Balaban J connectivity index is 2.05. The molecule has 0 aliphatic rings. The van der Waals surface area contributed by atoms with Gasteiger partial charge >= 0.3 is 0 Å². The summed E-state index contributed by atoms with van der Waals surface area (Å²) in [5, 5.41) is 1.16. The molecule has 104 valence electrons. The van der Waals surface area contributed by atoms with Crippen molar-refractivity contribution in [2.75, 3.05) is 5.33 Å². The fourth-order valence-corrected chi connectivity index (χ4v) is 2.67. The molecule has 0 fully saturated rings. The predicted octanol–water partition coefficient (Wildman–Crippen LogP) is 5.13. The molecule has 1 aromatic heterocycles. The van der Waals surface area contributed by atoms with Gasteiger partial charge in [0.15, 0.2) is 0 Å². The number of hydrogen-bond donors (Lipinski definition) is 0.